The monoisotopic (exact) mass is 210 g/mol. The molecule has 1 aromatic carbocycles. The van der Waals surface area contributed by atoms with E-state index in [4.69, 9.17) is 0 Å². The minimum atomic E-state index is 0.962. The second-order valence-corrected chi connectivity index (χ2v) is 3.74. The van der Waals surface area contributed by atoms with Crippen molar-refractivity contribution in [3.63, 3.8) is 0 Å². The highest BCUT2D eigenvalue weighted by Gasteiger charge is 2.17. The maximum absolute atomic E-state index is 4.47. The van der Waals surface area contributed by atoms with Gasteiger partial charge in [0.05, 0.1) is 18.8 Å². The summed E-state index contributed by atoms with van der Waals surface area (Å²) in [5, 5.41) is 4.47. The number of nitrogens with zero attached hydrogens (tertiary/aromatic N) is 3. The molecule has 0 unspecified atom stereocenters. The molecule has 3 rings (SSSR count). The van der Waals surface area contributed by atoms with E-state index in [9.17, 15) is 0 Å². The maximum Gasteiger partial charge on any atom is 0.306 e. The van der Waals surface area contributed by atoms with E-state index in [-0.39, 0.29) is 0 Å². The summed E-state index contributed by atoms with van der Waals surface area (Å²) in [6.07, 6.45) is 2.03. The van der Waals surface area contributed by atoms with Crippen LogP contribution in [0.25, 0.3) is 17.0 Å². The average Bonchev–Trinajstić information content (AvgIpc) is 2.66. The third-order valence-corrected chi connectivity index (χ3v) is 2.66. The number of pyridine rings is 1. The average molecular weight is 210 g/mol. The molecule has 0 aliphatic carbocycles. The quantitative estimate of drug-likeness (QED) is 0.562. The van der Waals surface area contributed by atoms with Crippen molar-refractivity contribution >= 4 is 5.65 Å². The largest absolute Gasteiger partial charge is 0.306 e. The van der Waals surface area contributed by atoms with E-state index in [1.807, 2.05) is 54.3 Å². The molecule has 0 atom stereocenters. The number of hydrogen-bond donors (Lipinski definition) is 0. The van der Waals surface area contributed by atoms with Crippen molar-refractivity contribution in [2.75, 3.05) is 0 Å². The van der Waals surface area contributed by atoms with Crippen molar-refractivity contribution in [2.24, 2.45) is 7.05 Å². The summed E-state index contributed by atoms with van der Waals surface area (Å²) in [6.45, 7) is 0. The zero-order valence-electron chi connectivity index (χ0n) is 9.04. The molecule has 0 saturated carbocycles. The third-order valence-electron chi connectivity index (χ3n) is 2.66. The Bertz CT molecular complexity index is 626. The summed E-state index contributed by atoms with van der Waals surface area (Å²) in [5.74, 6) is 1.09. The first-order valence-corrected chi connectivity index (χ1v) is 5.25. The zero-order valence-corrected chi connectivity index (χ0v) is 9.04. The number of benzene rings is 1. The fourth-order valence-corrected chi connectivity index (χ4v) is 1.96. The van der Waals surface area contributed by atoms with Gasteiger partial charge in [-0.25, -0.2) is 0 Å². The van der Waals surface area contributed by atoms with Crippen LogP contribution in [0.5, 0.6) is 0 Å². The van der Waals surface area contributed by atoms with E-state index in [0.29, 0.717) is 0 Å². The molecule has 0 radical (unpaired) electrons. The molecule has 0 aliphatic rings. The molecular weight excluding hydrogens is 198 g/mol. The number of fused-ring (bicyclic) bond motifs is 1. The Kier molecular flexibility index (Phi) is 1.96. The van der Waals surface area contributed by atoms with E-state index < -0.39 is 0 Å². The highest BCUT2D eigenvalue weighted by atomic mass is 15.3. The van der Waals surface area contributed by atoms with Crippen molar-refractivity contribution in [1.29, 1.82) is 0 Å². The van der Waals surface area contributed by atoms with Crippen LogP contribution in [0.15, 0.2) is 54.7 Å². The topological polar surface area (TPSA) is 21.9 Å². The second-order valence-electron chi connectivity index (χ2n) is 3.74. The Morgan fingerprint density at radius 1 is 1.00 bits per heavy atom. The van der Waals surface area contributed by atoms with Crippen LogP contribution in [-0.4, -0.2) is 9.78 Å². The van der Waals surface area contributed by atoms with Crippen molar-refractivity contribution < 1.29 is 4.40 Å². The van der Waals surface area contributed by atoms with E-state index in [1.54, 1.807) is 0 Å². The zero-order chi connectivity index (χ0) is 11.0. The van der Waals surface area contributed by atoms with Crippen LogP contribution in [-0.2, 0) is 7.05 Å². The van der Waals surface area contributed by atoms with E-state index >= 15 is 0 Å². The standard InChI is InChI=1S/C13H12N3/c1-15-13(11-7-3-2-4-8-11)16-10-6-5-9-12(16)14-15/h2-10H,1H3/q+1. The maximum atomic E-state index is 4.47. The van der Waals surface area contributed by atoms with Crippen LogP contribution in [0.1, 0.15) is 0 Å². The molecule has 0 bridgehead atoms. The van der Waals surface area contributed by atoms with Crippen molar-refractivity contribution in [2.45, 2.75) is 0 Å². The molecule has 0 aliphatic heterocycles. The Morgan fingerprint density at radius 2 is 1.75 bits per heavy atom. The molecule has 0 N–H and O–H groups in total. The first-order valence-electron chi connectivity index (χ1n) is 5.25. The van der Waals surface area contributed by atoms with Gasteiger partial charge in [0.1, 0.15) is 0 Å². The van der Waals surface area contributed by atoms with E-state index in [1.165, 1.54) is 5.56 Å². The van der Waals surface area contributed by atoms with Gasteiger partial charge in [-0.1, -0.05) is 24.3 Å². The summed E-state index contributed by atoms with van der Waals surface area (Å²) in [5.41, 5.74) is 2.13. The van der Waals surface area contributed by atoms with Crippen molar-refractivity contribution in [3.8, 4) is 11.4 Å². The summed E-state index contributed by atoms with van der Waals surface area (Å²) < 4.78 is 4.00. The fraction of sp³-hybridized carbons (Fsp3) is 0.0769. The molecule has 0 fully saturated rings. The molecule has 0 saturated heterocycles. The Balaban J connectivity index is 2.35. The molecule has 3 heteroatoms. The molecule has 0 amide bonds. The second kappa shape index (κ2) is 3.45. The molecule has 78 valence electrons. The minimum Gasteiger partial charge on any atom is -0.197 e. The number of aryl methyl sites for hydroxylation is 1. The van der Waals surface area contributed by atoms with Crippen LogP contribution < -0.4 is 4.40 Å². The Hall–Kier alpha value is -2.16. The lowest BCUT2D eigenvalue weighted by Crippen LogP contribution is -2.22. The predicted octanol–water partition coefficient (Wildman–Crippen LogP) is 1.83. The van der Waals surface area contributed by atoms with E-state index in [2.05, 4.69) is 21.6 Å². The van der Waals surface area contributed by atoms with Gasteiger partial charge in [-0.2, -0.15) is 4.40 Å². The lowest BCUT2D eigenvalue weighted by atomic mass is 10.2. The minimum absolute atomic E-state index is 0.962. The number of hydrogen-bond acceptors (Lipinski definition) is 1. The van der Waals surface area contributed by atoms with Gasteiger partial charge in [-0.15, -0.1) is 4.68 Å². The van der Waals surface area contributed by atoms with Crippen molar-refractivity contribution in [3.05, 3.63) is 54.7 Å². The van der Waals surface area contributed by atoms with Gasteiger partial charge in [-0.05, 0) is 18.2 Å². The van der Waals surface area contributed by atoms with Gasteiger partial charge < -0.3 is 0 Å². The van der Waals surface area contributed by atoms with Gasteiger partial charge in [0.25, 0.3) is 5.82 Å². The normalized spacial score (nSPS) is 10.8. The first-order chi connectivity index (χ1) is 7.86. The van der Waals surface area contributed by atoms with Crippen LogP contribution in [0.2, 0.25) is 0 Å². The number of aromatic nitrogens is 3. The number of rotatable bonds is 1. The van der Waals surface area contributed by atoms with Crippen LogP contribution in [0.3, 0.4) is 0 Å². The van der Waals surface area contributed by atoms with E-state index in [0.717, 1.165) is 11.5 Å². The molecular formula is C13H12N3+. The van der Waals surface area contributed by atoms with Gasteiger partial charge in [-0.3, -0.25) is 0 Å². The Morgan fingerprint density at radius 3 is 2.56 bits per heavy atom. The van der Waals surface area contributed by atoms with Crippen LogP contribution >= 0.6 is 0 Å². The van der Waals surface area contributed by atoms with Crippen molar-refractivity contribution in [1.82, 2.24) is 9.78 Å². The van der Waals surface area contributed by atoms with Gasteiger partial charge in [0.2, 0.25) is 0 Å². The lowest BCUT2D eigenvalue weighted by molar-refractivity contribution is -0.500. The summed E-state index contributed by atoms with van der Waals surface area (Å²) >= 11 is 0. The van der Waals surface area contributed by atoms with Gasteiger partial charge in [0, 0.05) is 11.2 Å². The molecule has 16 heavy (non-hydrogen) atoms. The first kappa shape index (κ1) is 9.09. The highest BCUT2D eigenvalue weighted by Crippen LogP contribution is 2.14. The van der Waals surface area contributed by atoms with Gasteiger partial charge >= 0.3 is 5.65 Å². The fourth-order valence-electron chi connectivity index (χ4n) is 1.96. The molecule has 2 heterocycles. The predicted molar refractivity (Wildman–Crippen MR) is 61.8 cm³/mol. The smallest absolute Gasteiger partial charge is 0.197 e. The molecule has 3 nitrogen and oxygen atoms in total. The molecule has 0 spiro atoms. The summed E-state index contributed by atoms with van der Waals surface area (Å²) in [7, 11) is 1.97. The molecule has 3 aromatic rings. The Labute approximate surface area is 93.6 Å². The highest BCUT2D eigenvalue weighted by molar-refractivity contribution is 5.53. The van der Waals surface area contributed by atoms with Gasteiger partial charge in [0.15, 0.2) is 0 Å². The van der Waals surface area contributed by atoms with Crippen LogP contribution in [0.4, 0.5) is 0 Å². The van der Waals surface area contributed by atoms with Crippen LogP contribution in [0, 0.1) is 0 Å². The summed E-state index contributed by atoms with van der Waals surface area (Å²) in [6, 6.07) is 16.3. The summed E-state index contributed by atoms with van der Waals surface area (Å²) in [4.78, 5) is 0. The SMILES string of the molecule is Cn1nc2cccc[n+]2c1-c1ccccc1. The molecule has 2 aromatic heterocycles. The third kappa shape index (κ3) is 1.29. The lowest BCUT2D eigenvalue weighted by Gasteiger charge is -1.95.